The van der Waals surface area contributed by atoms with Crippen molar-refractivity contribution >= 4 is 21.8 Å². The summed E-state index contributed by atoms with van der Waals surface area (Å²) < 4.78 is 6.65. The molecule has 1 N–H and O–H groups in total. The number of ether oxygens (including phenoxy) is 1. The maximum atomic E-state index is 12.5. The lowest BCUT2D eigenvalue weighted by Crippen LogP contribution is -2.44. The zero-order valence-electron chi connectivity index (χ0n) is 15.7. The number of benzene rings is 1. The average molecular weight is 432 g/mol. The molecule has 27 heavy (non-hydrogen) atoms. The molecule has 1 fully saturated rings. The van der Waals surface area contributed by atoms with E-state index in [4.69, 9.17) is 4.74 Å². The molecule has 2 heterocycles. The van der Waals surface area contributed by atoms with E-state index in [1.54, 1.807) is 18.3 Å². The summed E-state index contributed by atoms with van der Waals surface area (Å²) in [4.78, 5) is 19.2. The number of rotatable bonds is 7. The molecule has 2 aromatic rings. The van der Waals surface area contributed by atoms with Crippen LogP contribution in [0, 0.1) is 0 Å². The fraction of sp³-hybridized carbons (Fsp3) is 0.429. The SMILES string of the molecule is CCCCN1CCC(NC(=O)c2ccc(Oc3cccc(Br)c3)nc2)CC1. The van der Waals surface area contributed by atoms with Gasteiger partial charge in [-0.2, -0.15) is 0 Å². The molecule has 0 saturated carbocycles. The molecule has 0 unspecified atom stereocenters. The lowest BCUT2D eigenvalue weighted by atomic mass is 10.0. The van der Waals surface area contributed by atoms with Gasteiger partial charge in [-0.05, 0) is 50.1 Å². The number of unbranched alkanes of at least 4 members (excludes halogenated alkanes) is 1. The second-order valence-electron chi connectivity index (χ2n) is 6.89. The Hall–Kier alpha value is -1.92. The molecule has 1 aromatic carbocycles. The van der Waals surface area contributed by atoms with Crippen molar-refractivity contribution in [3.8, 4) is 11.6 Å². The maximum Gasteiger partial charge on any atom is 0.253 e. The first kappa shape index (κ1) is 19.8. The van der Waals surface area contributed by atoms with Gasteiger partial charge in [-0.3, -0.25) is 4.79 Å². The number of piperidine rings is 1. The molecular weight excluding hydrogens is 406 g/mol. The third kappa shape index (κ3) is 6.04. The van der Waals surface area contributed by atoms with Crippen molar-refractivity contribution in [3.63, 3.8) is 0 Å². The predicted molar refractivity (Wildman–Crippen MR) is 110 cm³/mol. The number of amides is 1. The van der Waals surface area contributed by atoms with Crippen LogP contribution in [0.15, 0.2) is 47.1 Å². The molecular formula is C21H26BrN3O2. The zero-order valence-corrected chi connectivity index (χ0v) is 17.2. The third-order valence-corrected chi connectivity index (χ3v) is 5.26. The summed E-state index contributed by atoms with van der Waals surface area (Å²) in [6, 6.07) is 11.3. The molecule has 1 aromatic heterocycles. The van der Waals surface area contributed by atoms with Crippen molar-refractivity contribution in [2.24, 2.45) is 0 Å². The zero-order chi connectivity index (χ0) is 19.1. The highest BCUT2D eigenvalue weighted by Gasteiger charge is 2.20. The topological polar surface area (TPSA) is 54.5 Å². The van der Waals surface area contributed by atoms with E-state index in [0.29, 0.717) is 17.2 Å². The van der Waals surface area contributed by atoms with E-state index in [-0.39, 0.29) is 11.9 Å². The van der Waals surface area contributed by atoms with Gasteiger partial charge in [-0.1, -0.05) is 35.3 Å². The number of nitrogens with zero attached hydrogens (tertiary/aromatic N) is 2. The van der Waals surface area contributed by atoms with Crippen LogP contribution in [0.2, 0.25) is 0 Å². The number of pyridine rings is 1. The molecule has 3 rings (SSSR count). The molecule has 0 aliphatic carbocycles. The van der Waals surface area contributed by atoms with Gasteiger partial charge in [0.2, 0.25) is 5.88 Å². The summed E-state index contributed by atoms with van der Waals surface area (Å²) in [5.74, 6) is 1.10. The van der Waals surface area contributed by atoms with Crippen LogP contribution in [0.4, 0.5) is 0 Å². The van der Waals surface area contributed by atoms with Gasteiger partial charge in [0, 0.05) is 35.9 Å². The molecule has 1 aliphatic heterocycles. The van der Waals surface area contributed by atoms with E-state index in [1.807, 2.05) is 24.3 Å². The van der Waals surface area contributed by atoms with Crippen LogP contribution < -0.4 is 10.1 Å². The van der Waals surface area contributed by atoms with Gasteiger partial charge in [0.1, 0.15) is 5.75 Å². The lowest BCUT2D eigenvalue weighted by Gasteiger charge is -2.32. The van der Waals surface area contributed by atoms with Gasteiger partial charge in [-0.25, -0.2) is 4.98 Å². The highest BCUT2D eigenvalue weighted by Crippen LogP contribution is 2.23. The average Bonchev–Trinajstić information content (AvgIpc) is 2.68. The predicted octanol–water partition coefficient (Wildman–Crippen LogP) is 4.63. The Balaban J connectivity index is 1.49. The monoisotopic (exact) mass is 431 g/mol. The minimum Gasteiger partial charge on any atom is -0.439 e. The van der Waals surface area contributed by atoms with E-state index in [9.17, 15) is 4.79 Å². The van der Waals surface area contributed by atoms with Crippen LogP contribution in [0.3, 0.4) is 0 Å². The van der Waals surface area contributed by atoms with Crippen LogP contribution >= 0.6 is 15.9 Å². The largest absolute Gasteiger partial charge is 0.439 e. The molecule has 144 valence electrons. The van der Waals surface area contributed by atoms with Crippen molar-refractivity contribution in [1.82, 2.24) is 15.2 Å². The summed E-state index contributed by atoms with van der Waals surface area (Å²) in [7, 11) is 0. The third-order valence-electron chi connectivity index (χ3n) is 4.77. The molecule has 0 bridgehead atoms. The molecule has 0 atom stereocenters. The van der Waals surface area contributed by atoms with E-state index in [1.165, 1.54) is 19.4 Å². The first-order valence-electron chi connectivity index (χ1n) is 9.56. The molecule has 0 radical (unpaired) electrons. The molecule has 1 amide bonds. The van der Waals surface area contributed by atoms with Crippen molar-refractivity contribution in [1.29, 1.82) is 0 Å². The number of carbonyl (C=O) groups excluding carboxylic acids is 1. The van der Waals surface area contributed by atoms with Crippen molar-refractivity contribution in [2.75, 3.05) is 19.6 Å². The van der Waals surface area contributed by atoms with Gasteiger partial charge < -0.3 is 15.0 Å². The minimum atomic E-state index is -0.0662. The fourth-order valence-corrected chi connectivity index (χ4v) is 3.56. The van der Waals surface area contributed by atoms with Crippen molar-refractivity contribution in [2.45, 2.75) is 38.6 Å². The number of aromatic nitrogens is 1. The summed E-state index contributed by atoms with van der Waals surface area (Å²) in [5.41, 5.74) is 0.560. The summed E-state index contributed by atoms with van der Waals surface area (Å²) >= 11 is 3.41. The summed E-state index contributed by atoms with van der Waals surface area (Å²) in [6.45, 7) is 5.50. The first-order valence-corrected chi connectivity index (χ1v) is 10.4. The second kappa shape index (κ2) is 9.85. The Kier molecular flexibility index (Phi) is 7.24. The van der Waals surface area contributed by atoms with Crippen LogP contribution in [0.5, 0.6) is 11.6 Å². The smallest absolute Gasteiger partial charge is 0.253 e. The Bertz CT molecular complexity index is 743. The number of carbonyl (C=O) groups is 1. The highest BCUT2D eigenvalue weighted by molar-refractivity contribution is 9.10. The van der Waals surface area contributed by atoms with Gasteiger partial charge in [0.15, 0.2) is 0 Å². The molecule has 1 aliphatic rings. The molecule has 0 spiro atoms. The Morgan fingerprint density at radius 2 is 2.11 bits per heavy atom. The number of hydrogen-bond acceptors (Lipinski definition) is 4. The number of hydrogen-bond donors (Lipinski definition) is 1. The van der Waals surface area contributed by atoms with Gasteiger partial charge in [0.05, 0.1) is 5.56 Å². The lowest BCUT2D eigenvalue weighted by molar-refractivity contribution is 0.0910. The molecule has 1 saturated heterocycles. The van der Waals surface area contributed by atoms with Crippen LogP contribution in [0.1, 0.15) is 43.0 Å². The van der Waals surface area contributed by atoms with Crippen molar-refractivity contribution in [3.05, 3.63) is 52.6 Å². The van der Waals surface area contributed by atoms with E-state index in [2.05, 4.69) is 38.1 Å². The highest BCUT2D eigenvalue weighted by atomic mass is 79.9. The standard InChI is InChI=1S/C21H26BrN3O2/c1-2-3-11-25-12-9-18(10-13-25)24-21(26)16-7-8-20(23-15-16)27-19-6-4-5-17(22)14-19/h4-8,14-15,18H,2-3,9-13H2,1H3,(H,24,26). The van der Waals surface area contributed by atoms with Crippen LogP contribution in [-0.4, -0.2) is 41.5 Å². The van der Waals surface area contributed by atoms with Crippen LogP contribution in [-0.2, 0) is 0 Å². The summed E-state index contributed by atoms with van der Waals surface area (Å²) in [5, 5.41) is 3.14. The van der Waals surface area contributed by atoms with Gasteiger partial charge in [-0.15, -0.1) is 0 Å². The van der Waals surface area contributed by atoms with Gasteiger partial charge in [0.25, 0.3) is 5.91 Å². The molecule has 5 nitrogen and oxygen atoms in total. The first-order chi connectivity index (χ1) is 13.1. The second-order valence-corrected chi connectivity index (χ2v) is 7.80. The number of halogens is 1. The Morgan fingerprint density at radius 1 is 1.30 bits per heavy atom. The van der Waals surface area contributed by atoms with E-state index < -0.39 is 0 Å². The van der Waals surface area contributed by atoms with E-state index in [0.717, 1.165) is 30.4 Å². The molecule has 6 heteroatoms. The van der Waals surface area contributed by atoms with Gasteiger partial charge >= 0.3 is 0 Å². The minimum absolute atomic E-state index is 0.0662. The quantitative estimate of drug-likeness (QED) is 0.693. The Morgan fingerprint density at radius 3 is 2.78 bits per heavy atom. The number of likely N-dealkylation sites (tertiary alicyclic amines) is 1. The van der Waals surface area contributed by atoms with Crippen LogP contribution in [0.25, 0.3) is 0 Å². The number of nitrogens with one attached hydrogen (secondary N) is 1. The summed E-state index contributed by atoms with van der Waals surface area (Å²) in [6.07, 6.45) is 6.06. The van der Waals surface area contributed by atoms with Crippen molar-refractivity contribution < 1.29 is 9.53 Å². The normalized spacial score (nSPS) is 15.5. The van der Waals surface area contributed by atoms with E-state index >= 15 is 0 Å². The maximum absolute atomic E-state index is 12.5. The Labute approximate surface area is 169 Å². The fourth-order valence-electron chi connectivity index (χ4n) is 3.18.